The molecule has 0 unspecified atom stereocenters. The molecular formula is C52H32N2O. The maximum Gasteiger partial charge on any atom is 0.137 e. The molecule has 0 amide bonds. The van der Waals surface area contributed by atoms with E-state index in [1.165, 1.54) is 65.6 Å². The lowest BCUT2D eigenvalue weighted by molar-refractivity contribution is 0.668. The van der Waals surface area contributed by atoms with Gasteiger partial charge in [0.2, 0.25) is 0 Å². The summed E-state index contributed by atoms with van der Waals surface area (Å²) >= 11 is 0. The van der Waals surface area contributed by atoms with E-state index in [-0.39, 0.29) is 0 Å². The third-order valence-electron chi connectivity index (χ3n) is 11.5. The van der Waals surface area contributed by atoms with E-state index in [4.69, 9.17) is 4.42 Å². The minimum absolute atomic E-state index is 0.891. The molecule has 0 saturated heterocycles. The Morgan fingerprint density at radius 2 is 0.782 bits per heavy atom. The second kappa shape index (κ2) is 11.6. The maximum atomic E-state index is 6.37. The molecule has 9 aromatic carbocycles. The fraction of sp³-hybridized carbons (Fsp3) is 0. The van der Waals surface area contributed by atoms with Crippen LogP contribution in [-0.4, -0.2) is 9.13 Å². The average Bonchev–Trinajstić information content (AvgIpc) is 3.89. The fourth-order valence-electron chi connectivity index (χ4n) is 8.89. The van der Waals surface area contributed by atoms with E-state index in [0.717, 1.165) is 44.3 Å². The molecule has 0 fully saturated rings. The molecule has 12 aromatic rings. The summed E-state index contributed by atoms with van der Waals surface area (Å²) in [4.78, 5) is 0. The van der Waals surface area contributed by atoms with Crippen molar-refractivity contribution in [3.8, 4) is 33.6 Å². The SMILES string of the molecule is c1ccc(-c2ccc3c(c2)c2cc(-c4ccc5c(c4)c4cc6ccccc6cc4n5-c4ccccc4)ccc2n3-c2ccc3c(c2)oc2ccccc23)cc1. The molecule has 0 aliphatic rings. The zero-order valence-electron chi connectivity index (χ0n) is 29.8. The first-order valence-electron chi connectivity index (χ1n) is 18.8. The van der Waals surface area contributed by atoms with E-state index in [9.17, 15) is 0 Å². The summed E-state index contributed by atoms with van der Waals surface area (Å²) in [5.74, 6) is 0. The van der Waals surface area contributed by atoms with Crippen molar-refractivity contribution in [1.82, 2.24) is 9.13 Å². The lowest BCUT2D eigenvalue weighted by Crippen LogP contribution is -1.93. The zero-order chi connectivity index (χ0) is 36.0. The van der Waals surface area contributed by atoms with E-state index in [0.29, 0.717) is 0 Å². The molecule has 0 aliphatic heterocycles. The average molecular weight is 701 g/mol. The van der Waals surface area contributed by atoms with Crippen LogP contribution < -0.4 is 0 Å². The summed E-state index contributed by atoms with van der Waals surface area (Å²) in [7, 11) is 0. The molecule has 0 N–H and O–H groups in total. The van der Waals surface area contributed by atoms with Gasteiger partial charge in [-0.1, -0.05) is 109 Å². The van der Waals surface area contributed by atoms with E-state index in [1.807, 2.05) is 12.1 Å². The Morgan fingerprint density at radius 3 is 1.45 bits per heavy atom. The highest BCUT2D eigenvalue weighted by molar-refractivity contribution is 6.16. The Kier molecular flexibility index (Phi) is 6.34. The molecule has 12 rings (SSSR count). The van der Waals surface area contributed by atoms with Crippen LogP contribution in [0.5, 0.6) is 0 Å². The lowest BCUT2D eigenvalue weighted by Gasteiger charge is -2.09. The standard InChI is InChI=1S/C52H32N2O/c1-3-11-33(12-4-1)36-19-24-48-43(28-36)44-29-37(21-26-49(44)54(48)40-22-23-42-41-17-9-10-18-51(41)55-52(42)32-40)38-20-25-47-45(30-38)46-27-34-13-7-8-14-35(34)31-50(46)53(47)39-15-5-2-6-16-39/h1-32H. The van der Waals surface area contributed by atoms with Gasteiger partial charge in [0.25, 0.3) is 0 Å². The topological polar surface area (TPSA) is 23.0 Å². The largest absolute Gasteiger partial charge is 0.456 e. The van der Waals surface area contributed by atoms with Gasteiger partial charge in [-0.2, -0.15) is 0 Å². The van der Waals surface area contributed by atoms with E-state index in [1.54, 1.807) is 0 Å². The molecule has 55 heavy (non-hydrogen) atoms. The van der Waals surface area contributed by atoms with Gasteiger partial charge in [-0.15, -0.1) is 0 Å². The van der Waals surface area contributed by atoms with E-state index >= 15 is 0 Å². The van der Waals surface area contributed by atoms with Gasteiger partial charge in [0.1, 0.15) is 11.2 Å². The quantitative estimate of drug-likeness (QED) is 0.179. The van der Waals surface area contributed by atoms with Gasteiger partial charge in [0, 0.05) is 49.8 Å². The van der Waals surface area contributed by atoms with E-state index < -0.39 is 0 Å². The van der Waals surface area contributed by atoms with Crippen LogP contribution >= 0.6 is 0 Å². The zero-order valence-corrected chi connectivity index (χ0v) is 29.8. The van der Waals surface area contributed by atoms with E-state index in [2.05, 4.69) is 191 Å². The Hall–Kier alpha value is -7.36. The highest BCUT2D eigenvalue weighted by Crippen LogP contribution is 2.41. The van der Waals surface area contributed by atoms with Gasteiger partial charge in [-0.25, -0.2) is 0 Å². The summed E-state index contributed by atoms with van der Waals surface area (Å²) in [6.07, 6.45) is 0. The summed E-state index contributed by atoms with van der Waals surface area (Å²) in [6, 6.07) is 70.4. The number of rotatable bonds is 4. The number of fused-ring (bicyclic) bond motifs is 10. The Bertz CT molecular complexity index is 3470. The lowest BCUT2D eigenvalue weighted by atomic mass is 9.99. The van der Waals surface area contributed by atoms with Gasteiger partial charge >= 0.3 is 0 Å². The summed E-state index contributed by atoms with van der Waals surface area (Å²) in [6.45, 7) is 0. The molecule has 0 aliphatic carbocycles. The normalized spacial score (nSPS) is 12.0. The minimum atomic E-state index is 0.891. The van der Waals surface area contributed by atoms with Gasteiger partial charge in [-0.3, -0.25) is 0 Å². The second-order valence-corrected chi connectivity index (χ2v) is 14.6. The van der Waals surface area contributed by atoms with Crippen molar-refractivity contribution in [3.63, 3.8) is 0 Å². The third kappa shape index (κ3) is 4.57. The van der Waals surface area contributed by atoms with Crippen LogP contribution in [0.4, 0.5) is 0 Å². The maximum absolute atomic E-state index is 6.37. The highest BCUT2D eigenvalue weighted by Gasteiger charge is 2.18. The minimum Gasteiger partial charge on any atom is -0.456 e. The van der Waals surface area contributed by atoms with Crippen LogP contribution in [0.25, 0.3) is 110 Å². The molecule has 0 spiro atoms. The van der Waals surface area contributed by atoms with Crippen LogP contribution in [0.2, 0.25) is 0 Å². The first kappa shape index (κ1) is 30.1. The molecule has 3 heterocycles. The van der Waals surface area contributed by atoms with Crippen molar-refractivity contribution in [2.75, 3.05) is 0 Å². The molecule has 256 valence electrons. The van der Waals surface area contributed by atoms with Crippen molar-refractivity contribution in [2.45, 2.75) is 0 Å². The molecule has 0 radical (unpaired) electrons. The Balaban J connectivity index is 1.09. The van der Waals surface area contributed by atoms with Crippen LogP contribution in [0, 0.1) is 0 Å². The first-order valence-corrected chi connectivity index (χ1v) is 18.8. The number of benzene rings is 9. The van der Waals surface area contributed by atoms with Crippen LogP contribution in [0.1, 0.15) is 0 Å². The number of furan rings is 1. The first-order chi connectivity index (χ1) is 27.2. The summed E-state index contributed by atoms with van der Waals surface area (Å²) in [5.41, 5.74) is 13.6. The second-order valence-electron chi connectivity index (χ2n) is 14.6. The van der Waals surface area contributed by atoms with Crippen molar-refractivity contribution < 1.29 is 4.42 Å². The monoisotopic (exact) mass is 700 g/mol. The molecule has 3 heteroatoms. The number of nitrogens with zero attached hydrogens (tertiary/aromatic N) is 2. The van der Waals surface area contributed by atoms with Crippen LogP contribution in [0.3, 0.4) is 0 Å². The number of hydrogen-bond donors (Lipinski definition) is 0. The predicted molar refractivity (Wildman–Crippen MR) is 231 cm³/mol. The van der Waals surface area contributed by atoms with Gasteiger partial charge in [-0.05, 0) is 112 Å². The summed E-state index contributed by atoms with van der Waals surface area (Å²) < 4.78 is 11.2. The van der Waals surface area contributed by atoms with Gasteiger partial charge in [0.05, 0.1) is 22.1 Å². The Morgan fingerprint density at radius 1 is 0.273 bits per heavy atom. The molecular weight excluding hydrogens is 669 g/mol. The van der Waals surface area contributed by atoms with Gasteiger partial charge in [0.15, 0.2) is 0 Å². The van der Waals surface area contributed by atoms with Crippen molar-refractivity contribution >= 4 is 76.3 Å². The Labute approximate surface area is 316 Å². The van der Waals surface area contributed by atoms with Gasteiger partial charge < -0.3 is 13.6 Å². The molecule has 0 bridgehead atoms. The van der Waals surface area contributed by atoms with Crippen molar-refractivity contribution in [1.29, 1.82) is 0 Å². The third-order valence-corrected chi connectivity index (χ3v) is 11.5. The van der Waals surface area contributed by atoms with Crippen LogP contribution in [0.15, 0.2) is 199 Å². The molecule has 0 saturated carbocycles. The fourth-order valence-corrected chi connectivity index (χ4v) is 8.89. The molecule has 3 nitrogen and oxygen atoms in total. The van der Waals surface area contributed by atoms with Crippen molar-refractivity contribution in [3.05, 3.63) is 194 Å². The summed E-state index contributed by atoms with van der Waals surface area (Å²) in [5, 5.41) is 9.69. The number of aromatic nitrogens is 2. The molecule has 3 aromatic heterocycles. The highest BCUT2D eigenvalue weighted by atomic mass is 16.3. The van der Waals surface area contributed by atoms with Crippen molar-refractivity contribution in [2.24, 2.45) is 0 Å². The van der Waals surface area contributed by atoms with Crippen LogP contribution in [-0.2, 0) is 0 Å². The smallest absolute Gasteiger partial charge is 0.137 e. The molecule has 0 atom stereocenters. The predicted octanol–water partition coefficient (Wildman–Crippen LogP) is 14.3. The number of hydrogen-bond acceptors (Lipinski definition) is 1. The number of para-hydroxylation sites is 2.